The second-order valence-corrected chi connectivity index (χ2v) is 13.1. The summed E-state index contributed by atoms with van der Waals surface area (Å²) in [5, 5.41) is 8.79. The minimum Gasteiger partial charge on any atom is -0.369 e. The van der Waals surface area contributed by atoms with Crippen molar-refractivity contribution in [3.63, 3.8) is 0 Å². The smallest absolute Gasteiger partial charge is 0.272 e. The molecule has 1 saturated heterocycles. The van der Waals surface area contributed by atoms with E-state index in [1.165, 1.54) is 0 Å². The van der Waals surface area contributed by atoms with Gasteiger partial charge < -0.3 is 19.9 Å². The van der Waals surface area contributed by atoms with Crippen LogP contribution >= 0.6 is 0 Å². The number of rotatable bonds is 9. The zero-order valence-electron chi connectivity index (χ0n) is 27.2. The number of aromatic nitrogens is 3. The van der Waals surface area contributed by atoms with E-state index in [1.54, 1.807) is 0 Å². The first kappa shape index (κ1) is 31.2. The van der Waals surface area contributed by atoms with Gasteiger partial charge in [-0.05, 0) is 69.5 Å². The van der Waals surface area contributed by atoms with Gasteiger partial charge in [0.2, 0.25) is 0 Å². The number of nitrogens with zero attached hydrogens (tertiary/aromatic N) is 6. The number of hydrogen-bond donors (Lipinski definition) is 1. The Morgan fingerprint density at radius 1 is 1.07 bits per heavy atom. The Bertz CT molecular complexity index is 1600. The van der Waals surface area contributed by atoms with Crippen molar-refractivity contribution < 1.29 is 9.53 Å². The van der Waals surface area contributed by atoms with Crippen LogP contribution < -0.4 is 5.32 Å². The maximum Gasteiger partial charge on any atom is 0.272 e. The fourth-order valence-electron chi connectivity index (χ4n) is 6.33. The highest BCUT2D eigenvalue weighted by Crippen LogP contribution is 2.35. The van der Waals surface area contributed by atoms with Gasteiger partial charge in [0.15, 0.2) is 0 Å². The SMILES string of the molecule is CC(C)c1cccc(Cn2ncc3c(NC(=O)C4=CCCCC=C5CC(C)(OCCN6CCN(C)CC6)C=CN54)cccc32)n1. The fourth-order valence-corrected chi connectivity index (χ4v) is 6.33. The van der Waals surface area contributed by atoms with Crippen molar-refractivity contribution in [2.75, 3.05) is 51.7 Å². The summed E-state index contributed by atoms with van der Waals surface area (Å²) in [7, 11) is 2.18. The summed E-state index contributed by atoms with van der Waals surface area (Å²) in [6, 6.07) is 12.1. The van der Waals surface area contributed by atoms with Gasteiger partial charge in [-0.3, -0.25) is 19.4 Å². The molecule has 3 aliphatic heterocycles. The number of ether oxygens (including phenoxy) is 1. The Labute approximate surface area is 267 Å². The first-order valence-electron chi connectivity index (χ1n) is 16.4. The van der Waals surface area contributed by atoms with Crippen molar-refractivity contribution in [1.82, 2.24) is 29.5 Å². The van der Waals surface area contributed by atoms with Crippen LogP contribution in [0.15, 0.2) is 78.4 Å². The van der Waals surface area contributed by atoms with Crippen LogP contribution in [-0.2, 0) is 16.1 Å². The number of anilines is 1. The summed E-state index contributed by atoms with van der Waals surface area (Å²) in [5.41, 5.74) is 5.10. The maximum absolute atomic E-state index is 13.9. The molecule has 6 rings (SSSR count). The van der Waals surface area contributed by atoms with E-state index in [9.17, 15) is 4.79 Å². The van der Waals surface area contributed by atoms with Crippen LogP contribution in [0.3, 0.4) is 0 Å². The molecule has 0 radical (unpaired) electrons. The van der Waals surface area contributed by atoms with Crippen molar-refractivity contribution >= 4 is 22.5 Å². The van der Waals surface area contributed by atoms with Crippen molar-refractivity contribution in [2.45, 2.75) is 64.5 Å². The van der Waals surface area contributed by atoms with Crippen LogP contribution in [0.5, 0.6) is 0 Å². The molecular weight excluding hydrogens is 562 g/mol. The zero-order valence-corrected chi connectivity index (χ0v) is 27.2. The van der Waals surface area contributed by atoms with E-state index in [0.717, 1.165) is 92.1 Å². The molecule has 1 aromatic carbocycles. The van der Waals surface area contributed by atoms with Gasteiger partial charge in [0.1, 0.15) is 5.70 Å². The van der Waals surface area contributed by atoms with Gasteiger partial charge in [0.05, 0.1) is 41.8 Å². The number of benzene rings is 1. The summed E-state index contributed by atoms with van der Waals surface area (Å²) in [6.07, 6.45) is 13.9. The highest BCUT2D eigenvalue weighted by atomic mass is 16.5. The molecule has 0 spiro atoms. The molecule has 0 bridgehead atoms. The molecule has 45 heavy (non-hydrogen) atoms. The van der Waals surface area contributed by atoms with E-state index in [1.807, 2.05) is 41.3 Å². The largest absolute Gasteiger partial charge is 0.369 e. The maximum atomic E-state index is 13.9. The lowest BCUT2D eigenvalue weighted by Crippen LogP contribution is -2.46. The molecule has 1 atom stereocenters. The predicted molar refractivity (Wildman–Crippen MR) is 180 cm³/mol. The van der Waals surface area contributed by atoms with Crippen LogP contribution in [0, 0.1) is 0 Å². The lowest BCUT2D eigenvalue weighted by atomic mass is 9.93. The molecular formula is C36H47N7O2. The molecule has 0 saturated carbocycles. The molecule has 9 heteroatoms. The lowest BCUT2D eigenvalue weighted by molar-refractivity contribution is -0.114. The quantitative estimate of drug-likeness (QED) is 0.332. The minimum absolute atomic E-state index is 0.126. The van der Waals surface area contributed by atoms with Gasteiger partial charge in [-0.2, -0.15) is 5.10 Å². The molecule has 5 heterocycles. The van der Waals surface area contributed by atoms with Crippen molar-refractivity contribution in [1.29, 1.82) is 0 Å². The minimum atomic E-state index is -0.403. The molecule has 2 aromatic heterocycles. The Balaban J connectivity index is 1.15. The highest BCUT2D eigenvalue weighted by molar-refractivity contribution is 6.08. The molecule has 238 valence electrons. The number of nitrogens with one attached hydrogen (secondary N) is 1. The number of fused-ring (bicyclic) bond motifs is 2. The zero-order chi connectivity index (χ0) is 31.4. The summed E-state index contributed by atoms with van der Waals surface area (Å²) in [4.78, 5) is 25.6. The van der Waals surface area contributed by atoms with Crippen molar-refractivity contribution in [2.24, 2.45) is 0 Å². The Hall–Kier alpha value is -3.79. The normalized spacial score (nSPS) is 21.3. The summed E-state index contributed by atoms with van der Waals surface area (Å²) in [6.45, 7) is 13.0. The van der Waals surface area contributed by atoms with Crippen LogP contribution in [-0.4, -0.2) is 87.4 Å². The van der Waals surface area contributed by atoms with Crippen LogP contribution in [0.1, 0.15) is 63.8 Å². The Kier molecular flexibility index (Phi) is 9.49. The molecule has 1 fully saturated rings. The first-order chi connectivity index (χ1) is 21.8. The number of carbonyl (C=O) groups excluding carboxylic acids is 1. The van der Waals surface area contributed by atoms with E-state index >= 15 is 0 Å². The first-order valence-corrected chi connectivity index (χ1v) is 16.4. The number of carbonyl (C=O) groups is 1. The molecule has 1 N–H and O–H groups in total. The van der Waals surface area contributed by atoms with Gasteiger partial charge in [0.25, 0.3) is 5.91 Å². The third-order valence-electron chi connectivity index (χ3n) is 9.14. The fraction of sp³-hybridized carbons (Fsp3) is 0.472. The standard InChI is InChI=1S/C36H47N7O2/c1-27(2)31-12-8-10-28(38-31)26-43-33-15-9-13-32(30(33)25-37-43)39-35(44)34-14-7-5-6-11-29-24-36(3,16-17-42(29)34)45-23-22-41-20-18-40(4)19-21-41/h8-17,25,27H,5-7,18-24,26H2,1-4H3,(H,39,44). The van der Waals surface area contributed by atoms with Gasteiger partial charge in [-0.15, -0.1) is 0 Å². The van der Waals surface area contributed by atoms with E-state index < -0.39 is 5.60 Å². The highest BCUT2D eigenvalue weighted by Gasteiger charge is 2.33. The van der Waals surface area contributed by atoms with Gasteiger partial charge >= 0.3 is 0 Å². The van der Waals surface area contributed by atoms with Crippen LogP contribution in [0.25, 0.3) is 10.9 Å². The Morgan fingerprint density at radius 2 is 1.87 bits per heavy atom. The molecule has 9 nitrogen and oxygen atoms in total. The number of hydrogen-bond acceptors (Lipinski definition) is 7. The molecule has 3 aliphatic rings. The Morgan fingerprint density at radius 3 is 2.69 bits per heavy atom. The van der Waals surface area contributed by atoms with E-state index in [2.05, 4.69) is 83.3 Å². The van der Waals surface area contributed by atoms with Gasteiger partial charge in [-0.25, -0.2) is 0 Å². The van der Waals surface area contributed by atoms with Crippen molar-refractivity contribution in [3.8, 4) is 0 Å². The monoisotopic (exact) mass is 609 g/mol. The summed E-state index contributed by atoms with van der Waals surface area (Å²) >= 11 is 0. The van der Waals surface area contributed by atoms with E-state index in [4.69, 9.17) is 9.72 Å². The van der Waals surface area contributed by atoms with Crippen LogP contribution in [0.4, 0.5) is 5.69 Å². The number of pyridine rings is 1. The van der Waals surface area contributed by atoms with E-state index in [-0.39, 0.29) is 5.91 Å². The number of piperazine rings is 1. The second-order valence-electron chi connectivity index (χ2n) is 13.1. The predicted octanol–water partition coefficient (Wildman–Crippen LogP) is 5.74. The second kappa shape index (κ2) is 13.7. The average Bonchev–Trinajstić information content (AvgIpc) is 3.42. The topological polar surface area (TPSA) is 78.8 Å². The average molecular weight is 610 g/mol. The molecule has 0 aliphatic carbocycles. The van der Waals surface area contributed by atoms with E-state index in [0.29, 0.717) is 24.8 Å². The number of likely N-dealkylation sites (N-methyl/N-ethyl adjacent to an activating group) is 1. The molecule has 1 amide bonds. The lowest BCUT2D eigenvalue weighted by Gasteiger charge is -2.39. The summed E-state index contributed by atoms with van der Waals surface area (Å²) < 4.78 is 8.43. The van der Waals surface area contributed by atoms with Crippen molar-refractivity contribution in [3.05, 3.63) is 89.8 Å². The molecule has 1 unspecified atom stereocenters. The van der Waals surface area contributed by atoms with Gasteiger partial charge in [0, 0.05) is 62.1 Å². The number of allylic oxidation sites excluding steroid dienone is 2. The summed E-state index contributed by atoms with van der Waals surface area (Å²) in [5.74, 6) is 0.237. The third-order valence-corrected chi connectivity index (χ3v) is 9.14. The van der Waals surface area contributed by atoms with Crippen LogP contribution in [0.2, 0.25) is 0 Å². The van der Waals surface area contributed by atoms with Gasteiger partial charge in [-0.1, -0.05) is 38.1 Å². The third kappa shape index (κ3) is 7.38. The molecule has 3 aromatic rings. The number of amides is 1.